The molecule has 1 aliphatic heterocycles. The van der Waals surface area contributed by atoms with Gasteiger partial charge in [-0.25, -0.2) is 9.59 Å². The van der Waals surface area contributed by atoms with E-state index in [0.29, 0.717) is 51.4 Å². The molecule has 0 aromatic heterocycles. The maximum atomic E-state index is 12.9. The quantitative estimate of drug-likeness (QED) is 0.164. The van der Waals surface area contributed by atoms with Crippen LogP contribution in [0.3, 0.4) is 0 Å². The third-order valence-electron chi connectivity index (χ3n) is 7.28. The van der Waals surface area contributed by atoms with Gasteiger partial charge >= 0.3 is 12.1 Å². The minimum absolute atomic E-state index is 0.0723. The minimum atomic E-state index is -0.864. The first-order valence-corrected chi connectivity index (χ1v) is 13.3. The Morgan fingerprint density at radius 3 is 2.43 bits per heavy atom. The highest BCUT2D eigenvalue weighted by Crippen LogP contribution is 2.52. The third kappa shape index (κ3) is 9.08. The zero-order valence-corrected chi connectivity index (χ0v) is 23.3. The fraction of sp³-hybridized carbons (Fsp3) is 0.885. The van der Waals surface area contributed by atoms with Gasteiger partial charge in [-0.05, 0) is 58.3 Å². The van der Waals surface area contributed by atoms with Gasteiger partial charge in [-0.2, -0.15) is 0 Å². The number of nitrogens with two attached hydrogens (primary N) is 1. The van der Waals surface area contributed by atoms with Gasteiger partial charge in [-0.1, -0.05) is 13.8 Å². The van der Waals surface area contributed by atoms with Gasteiger partial charge in [0, 0.05) is 26.2 Å². The average molecular weight is 530 g/mol. The molecule has 1 aliphatic carbocycles. The van der Waals surface area contributed by atoms with Crippen molar-refractivity contribution >= 4 is 18.0 Å². The number of methoxy groups -OCH3 is 2. The van der Waals surface area contributed by atoms with E-state index in [-0.39, 0.29) is 24.0 Å². The highest BCUT2D eigenvalue weighted by molar-refractivity contribution is 5.81. The fourth-order valence-corrected chi connectivity index (χ4v) is 5.21. The molecule has 1 heterocycles. The van der Waals surface area contributed by atoms with Gasteiger partial charge < -0.3 is 40.1 Å². The van der Waals surface area contributed by atoms with E-state index in [1.165, 1.54) is 7.11 Å². The first-order chi connectivity index (χ1) is 17.5. The van der Waals surface area contributed by atoms with Crippen LogP contribution >= 0.6 is 0 Å². The van der Waals surface area contributed by atoms with Crippen molar-refractivity contribution in [2.75, 3.05) is 40.5 Å². The Hall–Kier alpha value is -1.95. The van der Waals surface area contributed by atoms with Gasteiger partial charge in [0.15, 0.2) is 0 Å². The predicted molar refractivity (Wildman–Crippen MR) is 137 cm³/mol. The fourth-order valence-electron chi connectivity index (χ4n) is 5.21. The molecule has 0 radical (unpaired) electrons. The molecule has 1 spiro atoms. The van der Waals surface area contributed by atoms with Crippen LogP contribution in [0.1, 0.15) is 66.2 Å². The zero-order valence-electron chi connectivity index (χ0n) is 23.3. The van der Waals surface area contributed by atoms with Gasteiger partial charge in [0.25, 0.3) is 0 Å². The van der Waals surface area contributed by atoms with Crippen LogP contribution in [0.2, 0.25) is 0 Å². The third-order valence-corrected chi connectivity index (χ3v) is 7.28. The number of epoxide rings is 1. The molecular formula is C26H47N3O8. The molecule has 2 rings (SSSR count). The number of unbranched alkanes of at least 4 members (excludes halogenated alkanes) is 1. The van der Waals surface area contributed by atoms with Crippen molar-refractivity contribution < 1.29 is 38.1 Å². The Morgan fingerprint density at radius 1 is 1.16 bits per heavy atom. The highest BCUT2D eigenvalue weighted by atomic mass is 16.6. The van der Waals surface area contributed by atoms with Crippen LogP contribution in [0.15, 0.2) is 0 Å². The second-order valence-corrected chi connectivity index (χ2v) is 10.9. The maximum Gasteiger partial charge on any atom is 0.408 e. The van der Waals surface area contributed by atoms with Gasteiger partial charge in [0.05, 0.1) is 31.5 Å². The van der Waals surface area contributed by atoms with E-state index in [4.69, 9.17) is 29.4 Å². The molecule has 0 aromatic carbocycles. The number of rotatable bonds is 15. The lowest BCUT2D eigenvalue weighted by atomic mass is 9.68. The molecule has 4 unspecified atom stereocenters. The Morgan fingerprint density at radius 2 is 1.86 bits per heavy atom. The van der Waals surface area contributed by atoms with Crippen molar-refractivity contribution in [3.8, 4) is 0 Å². The van der Waals surface area contributed by atoms with E-state index < -0.39 is 35.9 Å². The number of ether oxygens (including phenoxy) is 5. The van der Waals surface area contributed by atoms with E-state index in [0.717, 1.165) is 12.8 Å². The van der Waals surface area contributed by atoms with E-state index in [1.807, 2.05) is 13.8 Å². The molecule has 2 fully saturated rings. The van der Waals surface area contributed by atoms with Gasteiger partial charge in [-0.3, -0.25) is 4.79 Å². The molecule has 2 aliphatic rings. The summed E-state index contributed by atoms with van der Waals surface area (Å²) in [5.41, 5.74) is 4.37. The largest absolute Gasteiger partial charge is 0.467 e. The van der Waals surface area contributed by atoms with Crippen molar-refractivity contribution in [1.29, 1.82) is 0 Å². The number of alkyl carbamates (subject to hydrolysis) is 1. The molecule has 11 nitrogen and oxygen atoms in total. The molecular weight excluding hydrogens is 482 g/mol. The maximum absolute atomic E-state index is 12.9. The minimum Gasteiger partial charge on any atom is -0.467 e. The normalized spacial score (nSPS) is 26.0. The van der Waals surface area contributed by atoms with Crippen LogP contribution in [0.5, 0.6) is 0 Å². The molecule has 214 valence electrons. The summed E-state index contributed by atoms with van der Waals surface area (Å²) in [5.74, 6) is -0.406. The van der Waals surface area contributed by atoms with Crippen LogP contribution in [0.4, 0.5) is 4.79 Å². The monoisotopic (exact) mass is 529 g/mol. The number of hydrogen-bond donors (Lipinski definition) is 3. The van der Waals surface area contributed by atoms with Crippen LogP contribution in [0.25, 0.3) is 0 Å². The summed E-state index contributed by atoms with van der Waals surface area (Å²) < 4.78 is 28.8. The van der Waals surface area contributed by atoms with Gasteiger partial charge in [0.1, 0.15) is 18.2 Å². The number of nitrogens with one attached hydrogen (secondary N) is 2. The number of amides is 2. The lowest BCUT2D eigenvalue weighted by Gasteiger charge is -2.47. The molecule has 11 heteroatoms. The van der Waals surface area contributed by atoms with Crippen LogP contribution in [-0.2, 0) is 33.3 Å². The molecule has 1 saturated heterocycles. The van der Waals surface area contributed by atoms with Crippen LogP contribution in [0, 0.1) is 11.8 Å². The topological polar surface area (TPSA) is 151 Å². The molecule has 4 N–H and O–H groups in total. The lowest BCUT2D eigenvalue weighted by Crippen LogP contribution is -2.59. The second-order valence-electron chi connectivity index (χ2n) is 10.9. The van der Waals surface area contributed by atoms with E-state index in [2.05, 4.69) is 24.5 Å². The lowest BCUT2D eigenvalue weighted by molar-refractivity contribution is -0.177. The van der Waals surface area contributed by atoms with E-state index in [9.17, 15) is 14.4 Å². The van der Waals surface area contributed by atoms with E-state index >= 15 is 0 Å². The number of esters is 1. The summed E-state index contributed by atoms with van der Waals surface area (Å²) in [4.78, 5) is 36.4. The zero-order chi connectivity index (χ0) is 27.6. The molecule has 37 heavy (non-hydrogen) atoms. The first kappa shape index (κ1) is 31.3. The van der Waals surface area contributed by atoms with Gasteiger partial charge in [-0.15, -0.1) is 0 Å². The van der Waals surface area contributed by atoms with Crippen molar-refractivity contribution in [3.05, 3.63) is 0 Å². The number of carbonyl (C=O) groups is 3. The summed E-state index contributed by atoms with van der Waals surface area (Å²) in [6.07, 6.45) is 2.13. The first-order valence-electron chi connectivity index (χ1n) is 13.3. The van der Waals surface area contributed by atoms with Crippen molar-refractivity contribution in [2.45, 2.75) is 95.7 Å². The molecule has 5 atom stereocenters. The smallest absolute Gasteiger partial charge is 0.408 e. The Kier molecular flexibility index (Phi) is 12.1. The Bertz CT molecular complexity index is 756. The second kappa shape index (κ2) is 14.3. The molecule has 0 bridgehead atoms. The summed E-state index contributed by atoms with van der Waals surface area (Å²) in [7, 11) is 2.88. The predicted octanol–water partition coefficient (Wildman–Crippen LogP) is 1.90. The average Bonchev–Trinajstić information content (AvgIpc) is 3.62. The van der Waals surface area contributed by atoms with Gasteiger partial charge in [0.2, 0.25) is 5.91 Å². The van der Waals surface area contributed by atoms with Crippen LogP contribution in [-0.4, -0.2) is 87.9 Å². The number of carbonyl (C=O) groups excluding carboxylic acids is 3. The summed E-state index contributed by atoms with van der Waals surface area (Å²) in [6.45, 7) is 10.0. The Balaban J connectivity index is 1.99. The SMILES string of the molecule is COC(=O)C(CCCCNC(=O)CN)NC(=O)OC1CC[C@]2(CO2)C(C(C)(C)OCCC(C)C)C1OC. The van der Waals surface area contributed by atoms with Crippen LogP contribution < -0.4 is 16.4 Å². The van der Waals surface area contributed by atoms with Crippen molar-refractivity contribution in [2.24, 2.45) is 17.6 Å². The molecule has 1 saturated carbocycles. The highest BCUT2D eigenvalue weighted by Gasteiger charge is 2.64. The standard InChI is InChI=1S/C26H47N3O8/c1-17(2)11-14-35-25(3,4)22-21(33-5)19(10-12-26(22)16-36-26)37-24(32)29-18(23(31)34-6)9-7-8-13-28-20(30)15-27/h17-19,21-22H,7-16,27H2,1-6H3,(H,28,30)(H,29,32)/t18?,19?,21?,22?,26-/m0/s1. The number of hydrogen-bond acceptors (Lipinski definition) is 9. The summed E-state index contributed by atoms with van der Waals surface area (Å²) >= 11 is 0. The van der Waals surface area contributed by atoms with Crippen molar-refractivity contribution in [3.63, 3.8) is 0 Å². The molecule has 0 aromatic rings. The van der Waals surface area contributed by atoms with Crippen molar-refractivity contribution in [1.82, 2.24) is 10.6 Å². The van der Waals surface area contributed by atoms with E-state index in [1.54, 1.807) is 7.11 Å². The summed E-state index contributed by atoms with van der Waals surface area (Å²) in [6, 6.07) is -0.864. The molecule has 2 amide bonds. The Labute approximate surface area is 220 Å². The summed E-state index contributed by atoms with van der Waals surface area (Å²) in [5, 5.41) is 5.32.